The van der Waals surface area contributed by atoms with E-state index in [0.29, 0.717) is 0 Å². The number of benzene rings is 1. The van der Waals surface area contributed by atoms with Gasteiger partial charge in [0, 0.05) is 45.3 Å². The average molecular weight is 244 g/mol. The second-order valence-electron chi connectivity index (χ2n) is 4.85. The lowest BCUT2D eigenvalue weighted by atomic mass is 10.2. The number of aromatic nitrogens is 2. The number of anilines is 1. The second-order valence-corrected chi connectivity index (χ2v) is 4.85. The molecule has 1 N–H and O–H groups in total. The van der Waals surface area contributed by atoms with Gasteiger partial charge in [-0.3, -0.25) is 0 Å². The van der Waals surface area contributed by atoms with E-state index in [-0.39, 0.29) is 0 Å². The zero-order valence-electron chi connectivity index (χ0n) is 11.1. The Kier molecular flexibility index (Phi) is 2.96. The molecule has 2 heterocycles. The fourth-order valence-electron chi connectivity index (χ4n) is 2.66. The fraction of sp³-hybridized carbons (Fsp3) is 0.500. The minimum atomic E-state index is 0.980. The Morgan fingerprint density at radius 2 is 2.06 bits per heavy atom. The average Bonchev–Trinajstić information content (AvgIpc) is 2.76. The SMILES string of the molecule is CCc1nc2ccc(N3CCNCC3)cc2n1C. The molecular formula is C14H20N4. The molecule has 2 aromatic rings. The molecule has 0 unspecified atom stereocenters. The van der Waals surface area contributed by atoms with Crippen molar-refractivity contribution in [3.63, 3.8) is 0 Å². The maximum Gasteiger partial charge on any atom is 0.109 e. The van der Waals surface area contributed by atoms with Gasteiger partial charge in [0.25, 0.3) is 0 Å². The fourth-order valence-corrected chi connectivity index (χ4v) is 2.66. The summed E-state index contributed by atoms with van der Waals surface area (Å²) in [6, 6.07) is 6.61. The summed E-state index contributed by atoms with van der Waals surface area (Å²) in [5, 5.41) is 3.39. The number of imidazole rings is 1. The van der Waals surface area contributed by atoms with E-state index in [1.54, 1.807) is 0 Å². The summed E-state index contributed by atoms with van der Waals surface area (Å²) >= 11 is 0. The van der Waals surface area contributed by atoms with Crippen molar-refractivity contribution in [1.82, 2.24) is 14.9 Å². The molecular weight excluding hydrogens is 224 g/mol. The molecule has 1 aliphatic rings. The van der Waals surface area contributed by atoms with E-state index < -0.39 is 0 Å². The number of fused-ring (bicyclic) bond motifs is 1. The van der Waals surface area contributed by atoms with Gasteiger partial charge in [-0.05, 0) is 18.2 Å². The zero-order valence-corrected chi connectivity index (χ0v) is 11.1. The lowest BCUT2D eigenvalue weighted by Gasteiger charge is -2.29. The molecule has 1 fully saturated rings. The van der Waals surface area contributed by atoms with Crippen molar-refractivity contribution in [2.24, 2.45) is 7.05 Å². The van der Waals surface area contributed by atoms with Gasteiger partial charge in [0.2, 0.25) is 0 Å². The van der Waals surface area contributed by atoms with Gasteiger partial charge in [-0.15, -0.1) is 0 Å². The third-order valence-corrected chi connectivity index (χ3v) is 3.76. The van der Waals surface area contributed by atoms with E-state index in [1.807, 2.05) is 0 Å². The van der Waals surface area contributed by atoms with Crippen LogP contribution in [-0.4, -0.2) is 35.7 Å². The molecule has 4 nitrogen and oxygen atoms in total. The van der Waals surface area contributed by atoms with Gasteiger partial charge < -0.3 is 14.8 Å². The zero-order chi connectivity index (χ0) is 12.5. The van der Waals surface area contributed by atoms with Crippen molar-refractivity contribution in [2.75, 3.05) is 31.1 Å². The first kappa shape index (κ1) is 11.5. The quantitative estimate of drug-likeness (QED) is 0.870. The molecule has 1 saturated heterocycles. The normalized spacial score (nSPS) is 16.4. The number of rotatable bonds is 2. The van der Waals surface area contributed by atoms with E-state index in [1.165, 1.54) is 11.2 Å². The van der Waals surface area contributed by atoms with Crippen molar-refractivity contribution in [1.29, 1.82) is 0 Å². The highest BCUT2D eigenvalue weighted by Gasteiger charge is 2.12. The van der Waals surface area contributed by atoms with Gasteiger partial charge in [-0.1, -0.05) is 6.92 Å². The summed E-state index contributed by atoms with van der Waals surface area (Å²) in [4.78, 5) is 7.09. The number of piperazine rings is 1. The maximum atomic E-state index is 4.65. The van der Waals surface area contributed by atoms with Gasteiger partial charge in [-0.2, -0.15) is 0 Å². The van der Waals surface area contributed by atoms with E-state index in [9.17, 15) is 0 Å². The topological polar surface area (TPSA) is 33.1 Å². The molecule has 0 bridgehead atoms. The van der Waals surface area contributed by atoms with E-state index in [4.69, 9.17) is 0 Å². The van der Waals surface area contributed by atoms with Gasteiger partial charge >= 0.3 is 0 Å². The molecule has 3 rings (SSSR count). The standard InChI is InChI=1S/C14H20N4/c1-3-14-16-12-5-4-11(10-13(12)17(14)2)18-8-6-15-7-9-18/h4-5,10,15H,3,6-9H2,1-2H3. The molecule has 1 aromatic heterocycles. The van der Waals surface area contributed by atoms with Crippen molar-refractivity contribution >= 4 is 16.7 Å². The summed E-state index contributed by atoms with van der Waals surface area (Å²) in [6.45, 7) is 6.47. The van der Waals surface area contributed by atoms with Crippen molar-refractivity contribution in [3.05, 3.63) is 24.0 Å². The molecule has 96 valence electrons. The van der Waals surface area contributed by atoms with Crippen molar-refractivity contribution in [2.45, 2.75) is 13.3 Å². The van der Waals surface area contributed by atoms with Crippen LogP contribution in [0.25, 0.3) is 11.0 Å². The molecule has 0 atom stereocenters. The van der Waals surface area contributed by atoms with Crippen LogP contribution in [0.4, 0.5) is 5.69 Å². The Hall–Kier alpha value is -1.55. The highest BCUT2D eigenvalue weighted by atomic mass is 15.2. The number of aryl methyl sites for hydroxylation is 2. The monoisotopic (exact) mass is 244 g/mol. The highest BCUT2D eigenvalue weighted by molar-refractivity contribution is 5.80. The maximum absolute atomic E-state index is 4.65. The van der Waals surface area contributed by atoms with Crippen LogP contribution in [0, 0.1) is 0 Å². The van der Waals surface area contributed by atoms with Crippen LogP contribution in [0.2, 0.25) is 0 Å². The highest BCUT2D eigenvalue weighted by Crippen LogP contribution is 2.23. The minimum Gasteiger partial charge on any atom is -0.369 e. The molecule has 0 aliphatic carbocycles. The van der Waals surface area contributed by atoms with Gasteiger partial charge in [0.15, 0.2) is 0 Å². The lowest BCUT2D eigenvalue weighted by Crippen LogP contribution is -2.43. The van der Waals surface area contributed by atoms with Crippen LogP contribution in [0.15, 0.2) is 18.2 Å². The Labute approximate surface area is 108 Å². The molecule has 1 aromatic carbocycles. The summed E-state index contributed by atoms with van der Waals surface area (Å²) < 4.78 is 2.21. The van der Waals surface area contributed by atoms with Crippen LogP contribution >= 0.6 is 0 Å². The first-order valence-corrected chi connectivity index (χ1v) is 6.70. The minimum absolute atomic E-state index is 0.980. The van der Waals surface area contributed by atoms with Crippen LogP contribution in [0.3, 0.4) is 0 Å². The summed E-state index contributed by atoms with van der Waals surface area (Å²) in [6.07, 6.45) is 0.980. The van der Waals surface area contributed by atoms with E-state index in [2.05, 4.69) is 51.9 Å². The van der Waals surface area contributed by atoms with Crippen molar-refractivity contribution in [3.8, 4) is 0 Å². The molecule has 0 radical (unpaired) electrons. The number of nitrogens with zero attached hydrogens (tertiary/aromatic N) is 3. The van der Waals surface area contributed by atoms with Crippen molar-refractivity contribution < 1.29 is 0 Å². The Bertz CT molecular complexity index is 552. The summed E-state index contributed by atoms with van der Waals surface area (Å²) in [5.41, 5.74) is 3.66. The Morgan fingerprint density at radius 1 is 1.28 bits per heavy atom. The van der Waals surface area contributed by atoms with Crippen LogP contribution < -0.4 is 10.2 Å². The Morgan fingerprint density at radius 3 is 2.78 bits per heavy atom. The first-order valence-electron chi connectivity index (χ1n) is 6.70. The molecule has 0 saturated carbocycles. The second kappa shape index (κ2) is 4.61. The van der Waals surface area contributed by atoms with Crippen LogP contribution in [0.1, 0.15) is 12.7 Å². The summed E-state index contributed by atoms with van der Waals surface area (Å²) in [5.74, 6) is 1.16. The Balaban J connectivity index is 2.01. The van der Waals surface area contributed by atoms with Gasteiger partial charge in [-0.25, -0.2) is 4.98 Å². The smallest absolute Gasteiger partial charge is 0.109 e. The van der Waals surface area contributed by atoms with Gasteiger partial charge in [0.1, 0.15) is 5.82 Å². The number of nitrogens with one attached hydrogen (secondary N) is 1. The third kappa shape index (κ3) is 1.86. The number of hydrogen-bond acceptors (Lipinski definition) is 3. The molecule has 0 amide bonds. The largest absolute Gasteiger partial charge is 0.369 e. The first-order chi connectivity index (χ1) is 8.79. The van der Waals surface area contributed by atoms with E-state index >= 15 is 0 Å². The molecule has 4 heteroatoms. The van der Waals surface area contributed by atoms with Crippen LogP contribution in [-0.2, 0) is 13.5 Å². The predicted molar refractivity (Wildman–Crippen MR) is 75.2 cm³/mol. The number of hydrogen-bond donors (Lipinski definition) is 1. The molecule has 1 aliphatic heterocycles. The molecule has 18 heavy (non-hydrogen) atoms. The predicted octanol–water partition coefficient (Wildman–Crippen LogP) is 1.55. The van der Waals surface area contributed by atoms with Gasteiger partial charge in [0.05, 0.1) is 11.0 Å². The lowest BCUT2D eigenvalue weighted by molar-refractivity contribution is 0.589. The van der Waals surface area contributed by atoms with Crippen LogP contribution in [0.5, 0.6) is 0 Å². The molecule has 0 spiro atoms. The van der Waals surface area contributed by atoms with E-state index in [0.717, 1.165) is 43.9 Å². The third-order valence-electron chi connectivity index (χ3n) is 3.76. The summed E-state index contributed by atoms with van der Waals surface area (Å²) in [7, 11) is 2.11.